The standard InChI is InChI=1S/C21H25N3O4/c1-21(2,3)23-19(25)20(26)24-22-13-16-10-11-17(18(12-16)27-4)28-14-15-8-6-5-7-9-15/h5-13H,14H2,1-4H3,(H,23,25)(H,24,26)/b22-13+. The third-order valence-corrected chi connectivity index (χ3v) is 3.50. The number of hydrazone groups is 1. The summed E-state index contributed by atoms with van der Waals surface area (Å²) < 4.78 is 11.2. The minimum atomic E-state index is -0.832. The summed E-state index contributed by atoms with van der Waals surface area (Å²) in [5, 5.41) is 6.37. The molecule has 2 amide bonds. The van der Waals surface area contributed by atoms with E-state index in [0.717, 1.165) is 5.56 Å². The van der Waals surface area contributed by atoms with Gasteiger partial charge in [0.25, 0.3) is 0 Å². The summed E-state index contributed by atoms with van der Waals surface area (Å²) in [6.07, 6.45) is 1.42. The number of nitrogens with one attached hydrogen (secondary N) is 2. The molecule has 2 aromatic rings. The molecule has 0 fully saturated rings. The van der Waals surface area contributed by atoms with E-state index in [-0.39, 0.29) is 0 Å². The van der Waals surface area contributed by atoms with Gasteiger partial charge in [0.05, 0.1) is 13.3 Å². The van der Waals surface area contributed by atoms with Crippen molar-refractivity contribution in [3.05, 3.63) is 59.7 Å². The van der Waals surface area contributed by atoms with Gasteiger partial charge in [0.1, 0.15) is 6.61 Å². The predicted octanol–water partition coefficient (Wildman–Crippen LogP) is 2.64. The summed E-state index contributed by atoms with van der Waals surface area (Å²) in [7, 11) is 1.55. The molecular formula is C21H25N3O4. The molecule has 0 aliphatic carbocycles. The van der Waals surface area contributed by atoms with Crippen molar-refractivity contribution in [2.24, 2.45) is 5.10 Å². The maximum Gasteiger partial charge on any atom is 0.329 e. The lowest BCUT2D eigenvalue weighted by Gasteiger charge is -2.19. The molecule has 0 bridgehead atoms. The van der Waals surface area contributed by atoms with Gasteiger partial charge in [0.2, 0.25) is 0 Å². The van der Waals surface area contributed by atoms with Crippen LogP contribution in [0.3, 0.4) is 0 Å². The molecule has 2 rings (SSSR count). The minimum Gasteiger partial charge on any atom is -0.493 e. The highest BCUT2D eigenvalue weighted by molar-refractivity contribution is 6.35. The van der Waals surface area contributed by atoms with E-state index in [9.17, 15) is 9.59 Å². The Balaban J connectivity index is 1.96. The zero-order valence-electron chi connectivity index (χ0n) is 16.5. The fourth-order valence-corrected chi connectivity index (χ4v) is 2.23. The number of nitrogens with zero attached hydrogens (tertiary/aromatic N) is 1. The van der Waals surface area contributed by atoms with Gasteiger partial charge in [-0.15, -0.1) is 0 Å². The van der Waals surface area contributed by atoms with Gasteiger partial charge in [-0.05, 0) is 50.1 Å². The summed E-state index contributed by atoms with van der Waals surface area (Å²) in [5.41, 5.74) is 3.43. The number of amides is 2. The number of carbonyl (C=O) groups excluding carboxylic acids is 2. The molecule has 0 spiro atoms. The predicted molar refractivity (Wildman–Crippen MR) is 107 cm³/mol. The number of methoxy groups -OCH3 is 1. The van der Waals surface area contributed by atoms with E-state index >= 15 is 0 Å². The van der Waals surface area contributed by atoms with Crippen molar-refractivity contribution in [3.8, 4) is 11.5 Å². The fraction of sp³-hybridized carbons (Fsp3) is 0.286. The summed E-state index contributed by atoms with van der Waals surface area (Å²) in [4.78, 5) is 23.4. The molecule has 0 heterocycles. The molecule has 0 aliphatic heterocycles. The van der Waals surface area contributed by atoms with Gasteiger partial charge >= 0.3 is 11.8 Å². The molecule has 0 aliphatic rings. The smallest absolute Gasteiger partial charge is 0.329 e. The lowest BCUT2D eigenvalue weighted by atomic mass is 10.1. The largest absolute Gasteiger partial charge is 0.493 e. The SMILES string of the molecule is COc1cc(/C=N/NC(=O)C(=O)NC(C)(C)C)ccc1OCc1ccccc1. The van der Waals surface area contributed by atoms with E-state index in [2.05, 4.69) is 15.8 Å². The Hall–Kier alpha value is -3.35. The normalized spacial score (nSPS) is 11.1. The van der Waals surface area contributed by atoms with Crippen LogP contribution in [0, 0.1) is 0 Å². The van der Waals surface area contributed by atoms with Crippen LogP contribution < -0.4 is 20.2 Å². The van der Waals surface area contributed by atoms with Crippen LogP contribution in [-0.4, -0.2) is 30.7 Å². The van der Waals surface area contributed by atoms with Crippen molar-refractivity contribution in [1.82, 2.24) is 10.7 Å². The second-order valence-electron chi connectivity index (χ2n) is 7.09. The van der Waals surface area contributed by atoms with E-state index in [0.29, 0.717) is 23.7 Å². The molecule has 7 heteroatoms. The molecule has 2 aromatic carbocycles. The molecule has 28 heavy (non-hydrogen) atoms. The van der Waals surface area contributed by atoms with Crippen molar-refractivity contribution < 1.29 is 19.1 Å². The first kappa shape index (κ1) is 21.0. The summed E-state index contributed by atoms with van der Waals surface area (Å²) in [6, 6.07) is 15.1. The number of carbonyl (C=O) groups is 2. The molecule has 0 saturated carbocycles. The number of benzene rings is 2. The van der Waals surface area contributed by atoms with E-state index in [1.807, 2.05) is 30.3 Å². The first-order valence-electron chi connectivity index (χ1n) is 8.79. The Kier molecular flexibility index (Phi) is 7.14. The zero-order chi connectivity index (χ0) is 20.6. The maximum atomic E-state index is 11.7. The maximum absolute atomic E-state index is 11.7. The highest BCUT2D eigenvalue weighted by Crippen LogP contribution is 2.28. The van der Waals surface area contributed by atoms with Crippen LogP contribution in [0.1, 0.15) is 31.9 Å². The molecule has 0 radical (unpaired) electrons. The van der Waals surface area contributed by atoms with Crippen LogP contribution in [0.4, 0.5) is 0 Å². The van der Waals surface area contributed by atoms with Crippen molar-refractivity contribution in [2.45, 2.75) is 32.9 Å². The quantitative estimate of drug-likeness (QED) is 0.456. The van der Waals surface area contributed by atoms with E-state index in [1.165, 1.54) is 6.21 Å². The summed E-state index contributed by atoms with van der Waals surface area (Å²) >= 11 is 0. The van der Waals surface area contributed by atoms with Gasteiger partial charge < -0.3 is 14.8 Å². The van der Waals surface area contributed by atoms with Crippen LogP contribution in [0.5, 0.6) is 11.5 Å². The third kappa shape index (κ3) is 6.75. The topological polar surface area (TPSA) is 89.0 Å². The van der Waals surface area contributed by atoms with E-state index < -0.39 is 17.4 Å². The lowest BCUT2D eigenvalue weighted by Crippen LogP contribution is -2.47. The van der Waals surface area contributed by atoms with Crippen LogP contribution in [0.25, 0.3) is 0 Å². The molecule has 0 atom stereocenters. The molecule has 2 N–H and O–H groups in total. The fourth-order valence-electron chi connectivity index (χ4n) is 2.23. The van der Waals surface area contributed by atoms with Gasteiger partial charge in [-0.2, -0.15) is 5.10 Å². The van der Waals surface area contributed by atoms with Crippen LogP contribution in [0.15, 0.2) is 53.6 Å². The number of hydrogen-bond acceptors (Lipinski definition) is 5. The molecular weight excluding hydrogens is 358 g/mol. The van der Waals surface area contributed by atoms with Crippen molar-refractivity contribution >= 4 is 18.0 Å². The second kappa shape index (κ2) is 9.55. The Morgan fingerprint density at radius 2 is 1.75 bits per heavy atom. The van der Waals surface area contributed by atoms with Crippen LogP contribution >= 0.6 is 0 Å². The van der Waals surface area contributed by atoms with E-state index in [1.54, 1.807) is 46.1 Å². The van der Waals surface area contributed by atoms with Gasteiger partial charge in [-0.3, -0.25) is 9.59 Å². The monoisotopic (exact) mass is 383 g/mol. The average Bonchev–Trinajstić information content (AvgIpc) is 2.66. The number of ether oxygens (including phenoxy) is 2. The minimum absolute atomic E-state index is 0.420. The Morgan fingerprint density at radius 1 is 1.04 bits per heavy atom. The molecule has 148 valence electrons. The summed E-state index contributed by atoms with van der Waals surface area (Å²) in [6.45, 7) is 5.78. The first-order chi connectivity index (χ1) is 13.3. The summed E-state index contributed by atoms with van der Waals surface area (Å²) in [5.74, 6) is -0.443. The van der Waals surface area contributed by atoms with E-state index in [4.69, 9.17) is 9.47 Å². The van der Waals surface area contributed by atoms with Gasteiger partial charge in [0.15, 0.2) is 11.5 Å². The van der Waals surface area contributed by atoms with Gasteiger partial charge in [0, 0.05) is 5.54 Å². The number of rotatable bonds is 6. The Bertz CT molecular complexity index is 842. The Morgan fingerprint density at radius 3 is 2.39 bits per heavy atom. The third-order valence-electron chi connectivity index (χ3n) is 3.50. The number of hydrogen-bond donors (Lipinski definition) is 2. The zero-order valence-corrected chi connectivity index (χ0v) is 16.5. The second-order valence-corrected chi connectivity index (χ2v) is 7.09. The van der Waals surface area contributed by atoms with Crippen molar-refractivity contribution in [1.29, 1.82) is 0 Å². The van der Waals surface area contributed by atoms with Crippen LogP contribution in [0.2, 0.25) is 0 Å². The van der Waals surface area contributed by atoms with Crippen molar-refractivity contribution in [2.75, 3.05) is 7.11 Å². The average molecular weight is 383 g/mol. The molecule has 0 unspecified atom stereocenters. The highest BCUT2D eigenvalue weighted by atomic mass is 16.5. The van der Waals surface area contributed by atoms with Gasteiger partial charge in [-0.25, -0.2) is 5.43 Å². The molecule has 0 aromatic heterocycles. The first-order valence-corrected chi connectivity index (χ1v) is 8.79. The molecule has 7 nitrogen and oxygen atoms in total. The Labute approximate surface area is 164 Å². The van der Waals surface area contributed by atoms with Gasteiger partial charge in [-0.1, -0.05) is 30.3 Å². The molecule has 0 saturated heterocycles. The highest BCUT2D eigenvalue weighted by Gasteiger charge is 2.19. The van der Waals surface area contributed by atoms with Crippen molar-refractivity contribution in [3.63, 3.8) is 0 Å². The van der Waals surface area contributed by atoms with Crippen LogP contribution in [-0.2, 0) is 16.2 Å². The lowest BCUT2D eigenvalue weighted by molar-refractivity contribution is -0.140.